The fourth-order valence-electron chi connectivity index (χ4n) is 10.3. The Morgan fingerprint density at radius 3 is 2.05 bits per heavy atom. The molecule has 4 atom stereocenters. The maximum Gasteiger partial charge on any atom is 0.306 e. The molecule has 5 aliphatic heterocycles. The molecule has 6 rings (SSSR count). The van der Waals surface area contributed by atoms with Crippen molar-refractivity contribution in [2.24, 2.45) is 26.8 Å². The van der Waals surface area contributed by atoms with Crippen molar-refractivity contribution in [3.05, 3.63) is 91.5 Å². The number of esters is 2. The molecule has 8 bridgehead atoms. The molecular weight excluding hydrogens is 946 g/mol. The van der Waals surface area contributed by atoms with Gasteiger partial charge in [0.25, 0.3) is 7.82 Å². The van der Waals surface area contributed by atoms with Crippen molar-refractivity contribution in [1.29, 1.82) is 0 Å². The summed E-state index contributed by atoms with van der Waals surface area (Å²) in [5, 5.41) is 15.3. The largest absolute Gasteiger partial charge is 0.756 e. The highest BCUT2D eigenvalue weighted by atomic mass is 31.2. The predicted molar refractivity (Wildman–Crippen MR) is 287 cm³/mol. The zero-order valence-electron chi connectivity index (χ0n) is 45.6. The summed E-state index contributed by atoms with van der Waals surface area (Å²) in [6.45, 7) is 12.3. The average Bonchev–Trinajstić information content (AvgIpc) is 4.09. The monoisotopic (exact) mass is 1030 g/mol. The van der Waals surface area contributed by atoms with Gasteiger partial charge >= 0.3 is 11.9 Å². The van der Waals surface area contributed by atoms with E-state index in [2.05, 4.69) is 39.1 Å². The number of nitrogens with one attached hydrogen (secondary N) is 1. The Hall–Kier alpha value is -4.50. The van der Waals surface area contributed by atoms with Crippen LogP contribution in [0.2, 0.25) is 0 Å². The number of unbranched alkanes of at least 4 members (excludes halogenated alkanes) is 12. The van der Waals surface area contributed by atoms with Crippen LogP contribution in [0.1, 0.15) is 157 Å². The molecule has 16 heteroatoms. The van der Waals surface area contributed by atoms with E-state index in [4.69, 9.17) is 38.2 Å². The van der Waals surface area contributed by atoms with Crippen molar-refractivity contribution in [1.82, 2.24) is 5.32 Å². The maximum absolute atomic E-state index is 13.9. The molecule has 0 aromatic rings. The normalized spacial score (nSPS) is 20.8. The highest BCUT2D eigenvalue weighted by Crippen LogP contribution is 2.47. The summed E-state index contributed by atoms with van der Waals surface area (Å²) in [7, 11) is 2.63. The number of hydrogen-bond donors (Lipinski definition) is 2. The number of aliphatic hydroxyl groups is 1. The van der Waals surface area contributed by atoms with Gasteiger partial charge < -0.3 is 43.1 Å². The molecule has 1 fully saturated rings. The number of carbonyl (C=O) groups is 2. The minimum absolute atomic E-state index is 0.0527. The molecule has 0 amide bonds. The van der Waals surface area contributed by atoms with Gasteiger partial charge in [-0.05, 0) is 80.6 Å². The summed E-state index contributed by atoms with van der Waals surface area (Å²) in [6, 6.07) is 0. The van der Waals surface area contributed by atoms with Gasteiger partial charge in [-0.15, -0.1) is 0 Å². The second-order valence-electron chi connectivity index (χ2n) is 21.4. The third-order valence-electron chi connectivity index (χ3n) is 14.8. The van der Waals surface area contributed by atoms with E-state index in [1.54, 1.807) is 7.11 Å². The third-order valence-corrected chi connectivity index (χ3v) is 15.7. The number of phosphoric ester groups is 1. The fourth-order valence-corrected chi connectivity index (χ4v) is 11.0. The van der Waals surface area contributed by atoms with Gasteiger partial charge in [-0.25, -0.2) is 15.0 Å². The SMILES string of the molecule is CCCCCCCCCCCCCCCC(=O)OCC(COP(=O)([O-])OCC[N+](C)(C)C)OC(=O)CC[C@@H]1C2=C3CC(O)=C4C3=NC(=C4C)C=C3N=C(C=C4N=C(C=C(N2)[C@H]1C)C(C)=C4COC)C(C)=C3CC. The first kappa shape index (κ1) is 57.8. The lowest BCUT2D eigenvalue weighted by molar-refractivity contribution is -0.870. The van der Waals surface area contributed by atoms with Crippen LogP contribution in [0.15, 0.2) is 106 Å². The minimum atomic E-state index is -4.79. The first-order valence-electron chi connectivity index (χ1n) is 27.0. The van der Waals surface area contributed by atoms with Crippen LogP contribution in [-0.4, -0.2) is 106 Å². The van der Waals surface area contributed by atoms with Crippen molar-refractivity contribution < 1.29 is 51.9 Å². The number of allylic oxidation sites excluding steroid dienone is 11. The molecule has 2 unspecified atom stereocenters. The summed E-state index contributed by atoms with van der Waals surface area (Å²) < 4.78 is 40.9. The lowest BCUT2D eigenvalue weighted by Crippen LogP contribution is -2.37. The van der Waals surface area contributed by atoms with Crippen molar-refractivity contribution in [3.8, 4) is 0 Å². The van der Waals surface area contributed by atoms with E-state index in [0.717, 1.165) is 99.0 Å². The van der Waals surface area contributed by atoms with Gasteiger partial charge in [0.05, 0.1) is 68.6 Å². The zero-order valence-corrected chi connectivity index (χ0v) is 46.5. The Labute approximate surface area is 435 Å². The molecular formula is C57H84N5O10P. The van der Waals surface area contributed by atoms with E-state index >= 15 is 0 Å². The quantitative estimate of drug-likeness (QED) is 0.0301. The number of hydrogen-bond acceptors (Lipinski definition) is 14. The number of phosphoric acid groups is 1. The number of ether oxygens (including phenoxy) is 3. The Balaban J connectivity index is 1.16. The lowest BCUT2D eigenvalue weighted by atomic mass is 9.86. The van der Waals surface area contributed by atoms with Crippen molar-refractivity contribution in [2.45, 2.75) is 163 Å². The van der Waals surface area contributed by atoms with E-state index in [9.17, 15) is 24.2 Å². The van der Waals surface area contributed by atoms with E-state index in [-0.39, 0.29) is 50.1 Å². The Bertz CT molecular complexity index is 2480. The number of quaternary nitrogens is 1. The van der Waals surface area contributed by atoms with Crippen LogP contribution in [0.25, 0.3) is 0 Å². The number of fused-ring (bicyclic) bond motifs is 5. The van der Waals surface area contributed by atoms with Crippen LogP contribution in [0.4, 0.5) is 0 Å². The molecule has 6 aliphatic rings. The zero-order chi connectivity index (χ0) is 52.9. The molecule has 0 spiro atoms. The average molecular weight is 1030 g/mol. The van der Waals surface area contributed by atoms with Crippen molar-refractivity contribution >= 4 is 36.9 Å². The van der Waals surface area contributed by atoms with Crippen molar-refractivity contribution in [3.63, 3.8) is 0 Å². The van der Waals surface area contributed by atoms with Crippen LogP contribution in [0.3, 0.4) is 0 Å². The van der Waals surface area contributed by atoms with Crippen LogP contribution >= 0.6 is 7.82 Å². The summed E-state index contributed by atoms with van der Waals surface area (Å²) in [4.78, 5) is 55.2. The van der Waals surface area contributed by atoms with Gasteiger partial charge in [0.1, 0.15) is 25.5 Å². The minimum Gasteiger partial charge on any atom is -0.756 e. The molecule has 1 aliphatic carbocycles. The third kappa shape index (κ3) is 15.8. The van der Waals surface area contributed by atoms with Crippen LogP contribution in [0, 0.1) is 11.8 Å². The highest BCUT2D eigenvalue weighted by molar-refractivity contribution is 7.45. The molecule has 0 aromatic heterocycles. The highest BCUT2D eigenvalue weighted by Gasteiger charge is 2.41. The number of aliphatic imine (C=N–C) groups is 3. The molecule has 1 saturated heterocycles. The van der Waals surface area contributed by atoms with Gasteiger partial charge in [0.2, 0.25) is 0 Å². The topological polar surface area (TPSA) is 190 Å². The maximum atomic E-state index is 13.9. The first-order valence-corrected chi connectivity index (χ1v) is 28.5. The van der Waals surface area contributed by atoms with Crippen LogP contribution in [-0.2, 0) is 37.4 Å². The van der Waals surface area contributed by atoms with E-state index in [0.29, 0.717) is 41.8 Å². The number of likely N-dealkylation sites (N-methyl/N-ethyl adjacent to an activating group) is 1. The molecule has 5 heterocycles. The molecule has 73 heavy (non-hydrogen) atoms. The van der Waals surface area contributed by atoms with Crippen LogP contribution in [0.5, 0.6) is 0 Å². The summed E-state index contributed by atoms with van der Waals surface area (Å²) >= 11 is 0. The molecule has 402 valence electrons. The lowest BCUT2D eigenvalue weighted by Gasteiger charge is -2.28. The summed E-state index contributed by atoms with van der Waals surface area (Å²) in [5.41, 5.74) is 13.0. The van der Waals surface area contributed by atoms with E-state index < -0.39 is 32.5 Å². The molecule has 2 N–H and O–H groups in total. The first-order chi connectivity index (χ1) is 34.8. The smallest absolute Gasteiger partial charge is 0.306 e. The second kappa shape index (κ2) is 26.8. The Morgan fingerprint density at radius 1 is 0.808 bits per heavy atom. The number of nitrogens with zero attached hydrogens (tertiary/aromatic N) is 4. The van der Waals surface area contributed by atoms with Gasteiger partial charge in [-0.3, -0.25) is 14.2 Å². The van der Waals surface area contributed by atoms with Crippen LogP contribution < -0.4 is 10.2 Å². The Morgan fingerprint density at radius 2 is 1.42 bits per heavy atom. The van der Waals surface area contributed by atoms with Crippen molar-refractivity contribution in [2.75, 3.05) is 61.2 Å². The molecule has 0 aromatic carbocycles. The molecule has 15 nitrogen and oxygen atoms in total. The molecule has 0 saturated carbocycles. The standard InChI is InChI=1S/C57H84N5O10P/c1-11-13-14-15-16-17-18-19-20-21-22-23-24-25-53(64)69-34-41(35-71-73(66,67)70-29-28-62(7,8)9)72-54(65)27-26-43-38(4)48-31-46-39(5)45(36-68-10)51(59-46)32-47-37(3)42(12-2)50(58-47)33-49-40(6)55-52(63)30-44(56(43)60-48)57(55)61-49/h31-33,38,41,43H,11-30,34-36H2,1-10H3,(H2-,58,59,60,61,63,66,67)/t38-,41?,43-/m0/s1. The summed E-state index contributed by atoms with van der Waals surface area (Å²) in [5.74, 6) is -1.21. The number of aliphatic hydroxyl groups excluding tert-OH is 1. The second-order valence-corrected chi connectivity index (χ2v) is 22.9. The number of rotatable bonds is 30. The van der Waals surface area contributed by atoms with Gasteiger partial charge in [-0.1, -0.05) is 97.8 Å². The number of carbonyl (C=O) groups excluding carboxylic acids is 2. The van der Waals surface area contributed by atoms with E-state index in [1.165, 1.54) is 57.8 Å². The van der Waals surface area contributed by atoms with Gasteiger partial charge in [0.15, 0.2) is 6.10 Å². The van der Waals surface area contributed by atoms with Gasteiger partial charge in [-0.2, -0.15) is 0 Å². The predicted octanol–water partition coefficient (Wildman–Crippen LogP) is 11.2. The number of methoxy groups -OCH3 is 1. The fraction of sp³-hybridized carbons (Fsp3) is 0.632. The molecule has 0 radical (unpaired) electrons. The van der Waals surface area contributed by atoms with Gasteiger partial charge in [0, 0.05) is 66.3 Å². The van der Waals surface area contributed by atoms with E-state index in [1.807, 2.05) is 47.1 Å². The summed E-state index contributed by atoms with van der Waals surface area (Å²) in [6.07, 6.45) is 21.8. The Kier molecular flexibility index (Phi) is 21.2.